The maximum absolute atomic E-state index is 13.7. The molecule has 1 heterocycles. The molecule has 1 unspecified atom stereocenters. The fraction of sp³-hybridized carbons (Fsp3) is 0.231. The largest absolute Gasteiger partial charge is 0.573 e. The number of anilines is 2. The molecule has 1 aliphatic carbocycles. The van der Waals surface area contributed by atoms with E-state index in [1.807, 2.05) is 59.5 Å². The van der Waals surface area contributed by atoms with Crippen molar-refractivity contribution in [2.75, 3.05) is 11.9 Å². The highest BCUT2D eigenvalue weighted by molar-refractivity contribution is 7.91. The summed E-state index contributed by atoms with van der Waals surface area (Å²) in [6, 6.07) is 19.0. The predicted molar refractivity (Wildman–Crippen MR) is 133 cm³/mol. The summed E-state index contributed by atoms with van der Waals surface area (Å²) in [7, 11) is -1.91. The highest BCUT2D eigenvalue weighted by Gasteiger charge is 2.36. The Morgan fingerprint density at radius 1 is 1.03 bits per heavy atom. The van der Waals surface area contributed by atoms with Crippen molar-refractivity contribution >= 4 is 21.3 Å². The van der Waals surface area contributed by atoms with Crippen LogP contribution in [0, 0.1) is 0 Å². The molecule has 0 bridgehead atoms. The molecule has 3 aromatic carbocycles. The zero-order valence-electron chi connectivity index (χ0n) is 19.7. The number of hydrogen-bond donors (Lipinski definition) is 2. The van der Waals surface area contributed by atoms with Gasteiger partial charge in [0.2, 0.25) is 0 Å². The number of para-hydroxylation sites is 4. The zero-order chi connectivity index (χ0) is 26.2. The van der Waals surface area contributed by atoms with Crippen molar-refractivity contribution in [1.29, 1.82) is 0 Å². The number of rotatable bonds is 5. The highest BCUT2D eigenvalue weighted by Crippen LogP contribution is 2.49. The first-order valence-corrected chi connectivity index (χ1v) is 13.0. The van der Waals surface area contributed by atoms with E-state index in [0.29, 0.717) is 30.0 Å². The molecular formula is C26H24F3N3O4S. The molecule has 3 atom stereocenters. The number of aliphatic hydroxyl groups is 1. The van der Waals surface area contributed by atoms with Crippen LogP contribution in [-0.4, -0.2) is 34.9 Å². The lowest BCUT2D eigenvalue weighted by molar-refractivity contribution is -0.274. The first-order valence-electron chi connectivity index (χ1n) is 11.5. The topological polar surface area (TPSA) is 83.4 Å². The van der Waals surface area contributed by atoms with Gasteiger partial charge < -0.3 is 19.5 Å². The Labute approximate surface area is 212 Å². The van der Waals surface area contributed by atoms with Crippen molar-refractivity contribution in [1.82, 2.24) is 4.72 Å². The predicted octanol–water partition coefficient (Wildman–Crippen LogP) is 5.90. The van der Waals surface area contributed by atoms with E-state index in [1.54, 1.807) is 0 Å². The molecule has 7 nitrogen and oxygen atoms in total. The minimum atomic E-state index is -4.83. The molecule has 1 aliphatic heterocycles. The van der Waals surface area contributed by atoms with E-state index in [4.69, 9.17) is 4.74 Å². The minimum Gasteiger partial charge on any atom is -0.453 e. The first-order chi connectivity index (χ1) is 17.7. The van der Waals surface area contributed by atoms with Crippen LogP contribution in [0.1, 0.15) is 12.8 Å². The molecule has 2 N–H and O–H groups in total. The Bertz CT molecular complexity index is 1400. The Morgan fingerprint density at radius 3 is 2.19 bits per heavy atom. The summed E-state index contributed by atoms with van der Waals surface area (Å²) < 4.78 is 68.2. The number of nitrogens with zero attached hydrogens (tertiary/aromatic N) is 2. The molecule has 5 rings (SSSR count). The molecule has 194 valence electrons. The molecule has 0 fully saturated rings. The van der Waals surface area contributed by atoms with Crippen LogP contribution in [0.3, 0.4) is 0 Å². The Morgan fingerprint density at radius 2 is 1.62 bits per heavy atom. The number of fused-ring (bicyclic) bond motifs is 2. The van der Waals surface area contributed by atoms with Crippen molar-refractivity contribution in [3.63, 3.8) is 0 Å². The quantitative estimate of drug-likeness (QED) is 0.429. The van der Waals surface area contributed by atoms with Crippen molar-refractivity contribution in [3.05, 3.63) is 84.6 Å². The molecule has 11 heteroatoms. The van der Waals surface area contributed by atoms with Gasteiger partial charge in [0.05, 0.1) is 22.3 Å². The Kier molecular flexibility index (Phi) is 6.61. The third-order valence-corrected chi connectivity index (χ3v) is 8.20. The second-order valence-corrected chi connectivity index (χ2v) is 10.6. The molecule has 0 spiro atoms. The van der Waals surface area contributed by atoms with Crippen LogP contribution in [0.2, 0.25) is 0 Å². The lowest BCUT2D eigenvalue weighted by Gasteiger charge is -2.40. The number of alkyl halides is 3. The van der Waals surface area contributed by atoms with Gasteiger partial charge in [-0.05, 0) is 61.4 Å². The van der Waals surface area contributed by atoms with Crippen molar-refractivity contribution < 1.29 is 32.0 Å². The SMILES string of the molecule is CN=S(=O)(N[C@H]1CCC=C(N2c3ccccc3Oc3ccccc32)[C@@H]1O)c1ccc(OC(F)(F)F)cc1. The second-order valence-electron chi connectivity index (χ2n) is 8.48. The minimum absolute atomic E-state index is 0.176. The van der Waals surface area contributed by atoms with Gasteiger partial charge >= 0.3 is 6.36 Å². The van der Waals surface area contributed by atoms with Crippen LogP contribution in [0.25, 0.3) is 0 Å². The van der Waals surface area contributed by atoms with E-state index in [0.717, 1.165) is 23.5 Å². The van der Waals surface area contributed by atoms with Crippen molar-refractivity contribution in [2.45, 2.75) is 36.2 Å². The number of nitrogens with one attached hydrogen (secondary N) is 1. The van der Waals surface area contributed by atoms with E-state index < -0.39 is 34.2 Å². The van der Waals surface area contributed by atoms with Crippen LogP contribution in [0.4, 0.5) is 24.5 Å². The summed E-state index contributed by atoms with van der Waals surface area (Å²) in [6.45, 7) is 0. The Hall–Kier alpha value is -3.54. The molecule has 0 saturated carbocycles. The number of halogens is 3. The van der Waals surface area contributed by atoms with Crippen molar-refractivity contribution in [3.8, 4) is 17.2 Å². The van der Waals surface area contributed by atoms with Gasteiger partial charge in [-0.25, -0.2) is 13.3 Å². The summed E-state index contributed by atoms with van der Waals surface area (Å²) in [5.74, 6) is 0.845. The third kappa shape index (κ3) is 5.02. The molecule has 0 saturated heterocycles. The molecular weight excluding hydrogens is 507 g/mol. The normalized spacial score (nSPS) is 20.6. The zero-order valence-corrected chi connectivity index (χ0v) is 20.5. The molecule has 37 heavy (non-hydrogen) atoms. The number of benzene rings is 3. The van der Waals surface area contributed by atoms with Crippen LogP contribution in [0.15, 0.2) is 93.8 Å². The summed E-state index contributed by atoms with van der Waals surface area (Å²) in [6.07, 6.45) is -2.90. The summed E-state index contributed by atoms with van der Waals surface area (Å²) in [5, 5.41) is 11.5. The van der Waals surface area contributed by atoms with Crippen LogP contribution in [0.5, 0.6) is 17.2 Å². The lowest BCUT2D eigenvalue weighted by Crippen LogP contribution is -2.48. The molecule has 3 aromatic rings. The van der Waals surface area contributed by atoms with Gasteiger partial charge in [-0.1, -0.05) is 30.3 Å². The van der Waals surface area contributed by atoms with E-state index in [-0.39, 0.29) is 4.90 Å². The third-order valence-electron chi connectivity index (χ3n) is 6.15. The van der Waals surface area contributed by atoms with Gasteiger partial charge in [0, 0.05) is 12.7 Å². The average molecular weight is 532 g/mol. The van der Waals surface area contributed by atoms with Gasteiger partial charge in [0.1, 0.15) is 21.8 Å². The maximum Gasteiger partial charge on any atom is 0.573 e. The molecule has 2 aliphatic rings. The maximum atomic E-state index is 13.7. The lowest BCUT2D eigenvalue weighted by atomic mass is 9.94. The summed E-state index contributed by atoms with van der Waals surface area (Å²) in [5.41, 5.74) is 2.11. The number of aliphatic hydroxyl groups excluding tert-OH is 1. The van der Waals surface area contributed by atoms with Crippen LogP contribution in [-0.2, 0) is 9.92 Å². The summed E-state index contributed by atoms with van der Waals surface area (Å²) in [4.78, 5) is 2.11. The van der Waals surface area contributed by atoms with E-state index in [1.165, 1.54) is 19.2 Å². The standard InChI is InChI=1S/C26H24F3N3O4S/c1-30-37(34,18-15-13-17(14-16-18)36-26(27,28)29)31-19-7-6-10-22(25(19)33)32-20-8-2-4-11-23(20)35-24-12-5-3-9-21(24)32/h2-5,8-16,19,25,33H,6-7H2,1H3,(H,30,31,34)/t19-,25+,37?/m0/s1. The number of allylic oxidation sites excluding steroid dienone is 1. The average Bonchev–Trinajstić information content (AvgIpc) is 2.88. The number of ether oxygens (including phenoxy) is 2. The van der Waals surface area contributed by atoms with Gasteiger partial charge in [0.25, 0.3) is 0 Å². The number of hydrogen-bond acceptors (Lipinski definition) is 6. The molecule has 0 aromatic heterocycles. The Balaban J connectivity index is 1.43. The van der Waals surface area contributed by atoms with E-state index in [9.17, 15) is 22.5 Å². The van der Waals surface area contributed by atoms with Gasteiger partial charge in [-0.3, -0.25) is 0 Å². The molecule has 0 amide bonds. The van der Waals surface area contributed by atoms with Gasteiger partial charge in [0.15, 0.2) is 11.5 Å². The van der Waals surface area contributed by atoms with Gasteiger partial charge in [-0.15, -0.1) is 13.2 Å². The smallest absolute Gasteiger partial charge is 0.453 e. The first kappa shape index (κ1) is 25.1. The highest BCUT2D eigenvalue weighted by atomic mass is 32.2. The fourth-order valence-electron chi connectivity index (χ4n) is 4.48. The van der Waals surface area contributed by atoms with Crippen LogP contribution >= 0.6 is 0 Å². The monoisotopic (exact) mass is 531 g/mol. The fourth-order valence-corrected chi connectivity index (χ4v) is 6.10. The van der Waals surface area contributed by atoms with Crippen molar-refractivity contribution in [2.24, 2.45) is 4.36 Å². The van der Waals surface area contributed by atoms with Gasteiger partial charge in [-0.2, -0.15) is 0 Å². The summed E-state index contributed by atoms with van der Waals surface area (Å²) >= 11 is 0. The van der Waals surface area contributed by atoms with E-state index >= 15 is 0 Å². The molecule has 0 radical (unpaired) electrons. The van der Waals surface area contributed by atoms with E-state index in [2.05, 4.69) is 13.8 Å². The van der Waals surface area contributed by atoms with Crippen LogP contribution < -0.4 is 19.1 Å². The second kappa shape index (κ2) is 9.73.